The number of rotatable bonds is 8. The van der Waals surface area contributed by atoms with Gasteiger partial charge in [0.2, 0.25) is 0 Å². The van der Waals surface area contributed by atoms with E-state index in [1.807, 2.05) is 6.92 Å². The number of carbonyl (C=O) groups is 2. The smallest absolute Gasteiger partial charge is 0.330 e. The summed E-state index contributed by atoms with van der Waals surface area (Å²) in [4.78, 5) is 22.3. The van der Waals surface area contributed by atoms with E-state index in [1.54, 1.807) is 19.9 Å². The van der Waals surface area contributed by atoms with E-state index in [0.29, 0.717) is 19.6 Å². The van der Waals surface area contributed by atoms with Crippen LogP contribution < -0.4 is 0 Å². The van der Waals surface area contributed by atoms with Crippen molar-refractivity contribution in [1.82, 2.24) is 0 Å². The van der Waals surface area contributed by atoms with Crippen LogP contribution in [0.15, 0.2) is 24.3 Å². The highest BCUT2D eigenvalue weighted by molar-refractivity contribution is 5.82. The fourth-order valence-corrected chi connectivity index (χ4v) is 1.39. The molecule has 0 aromatic rings. The Balaban J connectivity index is 4.43. The van der Waals surface area contributed by atoms with E-state index >= 15 is 0 Å². The maximum absolute atomic E-state index is 11.2. The highest BCUT2D eigenvalue weighted by Crippen LogP contribution is 2.12. The van der Waals surface area contributed by atoms with E-state index in [4.69, 9.17) is 9.47 Å². The Labute approximate surface area is 113 Å². The van der Waals surface area contributed by atoms with Crippen LogP contribution in [0.4, 0.5) is 0 Å². The lowest BCUT2D eigenvalue weighted by Gasteiger charge is -2.14. The quantitative estimate of drug-likeness (QED) is 0.536. The van der Waals surface area contributed by atoms with Gasteiger partial charge in [-0.2, -0.15) is 0 Å². The fraction of sp³-hybridized carbons (Fsp3) is 0.571. The van der Waals surface area contributed by atoms with Gasteiger partial charge in [-0.1, -0.05) is 13.0 Å². The zero-order valence-electron chi connectivity index (χ0n) is 11.7. The molecule has 0 unspecified atom stereocenters. The fourth-order valence-electron chi connectivity index (χ4n) is 1.39. The maximum Gasteiger partial charge on any atom is 0.330 e. The lowest BCUT2D eigenvalue weighted by Crippen LogP contribution is -2.16. The van der Waals surface area contributed by atoms with Crippen molar-refractivity contribution in [3.05, 3.63) is 24.3 Å². The lowest BCUT2D eigenvalue weighted by atomic mass is 9.98. The molecule has 0 aliphatic carbocycles. The third kappa shape index (κ3) is 8.15. The van der Waals surface area contributed by atoms with Crippen molar-refractivity contribution < 1.29 is 24.2 Å². The Bertz CT molecular complexity index is 333. The molecule has 5 heteroatoms. The number of hydrogen-bond donors (Lipinski definition) is 1. The minimum atomic E-state index is -0.847. The first-order chi connectivity index (χ1) is 9.04. The second-order valence-electron chi connectivity index (χ2n) is 3.79. The molecule has 0 aliphatic heterocycles. The summed E-state index contributed by atoms with van der Waals surface area (Å²) in [7, 11) is 0. The Morgan fingerprint density at radius 3 is 1.89 bits per heavy atom. The number of aliphatic hydroxyl groups is 1. The highest BCUT2D eigenvalue weighted by Gasteiger charge is 2.12. The molecule has 0 heterocycles. The number of ether oxygens (including phenoxy) is 2. The normalized spacial score (nSPS) is 14.5. The molecule has 5 nitrogen and oxygen atoms in total. The van der Waals surface area contributed by atoms with Crippen LogP contribution in [0.3, 0.4) is 0 Å². The number of esters is 2. The lowest BCUT2D eigenvalue weighted by molar-refractivity contribution is -0.138. The summed E-state index contributed by atoms with van der Waals surface area (Å²) in [6.07, 6.45) is 5.21. The maximum atomic E-state index is 11.2. The predicted octanol–water partition coefficient (Wildman–Crippen LogP) is 1.61. The van der Waals surface area contributed by atoms with Gasteiger partial charge >= 0.3 is 11.9 Å². The van der Waals surface area contributed by atoms with Gasteiger partial charge < -0.3 is 14.6 Å². The molecular formula is C14H22O5. The topological polar surface area (TPSA) is 72.8 Å². The van der Waals surface area contributed by atoms with Crippen molar-refractivity contribution in [2.24, 2.45) is 5.92 Å². The zero-order valence-corrected chi connectivity index (χ0v) is 11.7. The summed E-state index contributed by atoms with van der Waals surface area (Å²) in [5, 5.41) is 9.87. The highest BCUT2D eigenvalue weighted by atomic mass is 16.5. The van der Waals surface area contributed by atoms with Crippen LogP contribution in [0.2, 0.25) is 0 Å². The molecule has 0 fully saturated rings. The van der Waals surface area contributed by atoms with Gasteiger partial charge in [0.05, 0.1) is 19.3 Å². The largest absolute Gasteiger partial charge is 0.463 e. The van der Waals surface area contributed by atoms with Gasteiger partial charge in [0, 0.05) is 18.1 Å². The molecule has 0 aliphatic rings. The summed E-state index contributed by atoms with van der Waals surface area (Å²) in [6.45, 7) is 5.91. The van der Waals surface area contributed by atoms with Gasteiger partial charge in [-0.3, -0.25) is 0 Å². The molecule has 0 saturated heterocycles. The molecule has 108 valence electrons. The Morgan fingerprint density at radius 2 is 1.47 bits per heavy atom. The van der Waals surface area contributed by atoms with Gasteiger partial charge in [-0.05, 0) is 26.3 Å². The molecule has 2 atom stereocenters. The number of hydrogen-bond acceptors (Lipinski definition) is 5. The van der Waals surface area contributed by atoms with E-state index in [0.717, 1.165) is 0 Å². The molecule has 0 bridgehead atoms. The summed E-state index contributed by atoms with van der Waals surface area (Å²) in [5.41, 5.74) is 0. The van der Waals surface area contributed by atoms with Crippen molar-refractivity contribution in [1.29, 1.82) is 0 Å². The zero-order chi connectivity index (χ0) is 14.7. The Hall–Kier alpha value is -1.62. The SMILES string of the molecule is CCOC(=O)/C=C/[C@H](O)[C@@H](/C=C/C(=O)OCC)CC. The molecule has 0 rings (SSSR count). The standard InChI is InChI=1S/C14H22O5/c1-4-11(7-9-13(16)18-5-2)12(15)8-10-14(17)19-6-3/h7-12,15H,4-6H2,1-3H3/b9-7+,10-8+/t11-,12+/m1/s1. The number of carbonyl (C=O) groups excluding carboxylic acids is 2. The summed E-state index contributed by atoms with van der Waals surface area (Å²) < 4.78 is 9.45. The van der Waals surface area contributed by atoms with E-state index in [1.165, 1.54) is 18.2 Å². The van der Waals surface area contributed by atoms with Crippen molar-refractivity contribution in [2.75, 3.05) is 13.2 Å². The second kappa shape index (κ2) is 10.3. The summed E-state index contributed by atoms with van der Waals surface area (Å²) >= 11 is 0. The minimum absolute atomic E-state index is 0.255. The van der Waals surface area contributed by atoms with Gasteiger partial charge in [0.1, 0.15) is 0 Å². The van der Waals surface area contributed by atoms with Crippen LogP contribution in [-0.4, -0.2) is 36.4 Å². The summed E-state index contributed by atoms with van der Waals surface area (Å²) in [6, 6.07) is 0. The van der Waals surface area contributed by atoms with Gasteiger partial charge in [-0.15, -0.1) is 0 Å². The molecule has 19 heavy (non-hydrogen) atoms. The van der Waals surface area contributed by atoms with Crippen LogP contribution in [0, 0.1) is 5.92 Å². The molecule has 0 aromatic carbocycles. The van der Waals surface area contributed by atoms with Crippen LogP contribution in [0.25, 0.3) is 0 Å². The number of aliphatic hydroxyl groups excluding tert-OH is 1. The average Bonchev–Trinajstić information content (AvgIpc) is 2.37. The van der Waals surface area contributed by atoms with Crippen molar-refractivity contribution in [2.45, 2.75) is 33.3 Å². The molecule has 0 spiro atoms. The van der Waals surface area contributed by atoms with Crippen molar-refractivity contribution in [3.63, 3.8) is 0 Å². The third-order valence-corrected chi connectivity index (χ3v) is 2.39. The van der Waals surface area contributed by atoms with Gasteiger partial charge in [-0.25, -0.2) is 9.59 Å². The molecule has 0 radical (unpaired) electrons. The Kier molecular flexibility index (Phi) is 9.44. The second-order valence-corrected chi connectivity index (χ2v) is 3.79. The van der Waals surface area contributed by atoms with Crippen LogP contribution in [-0.2, 0) is 19.1 Å². The summed E-state index contributed by atoms with van der Waals surface area (Å²) in [5.74, 6) is -1.19. The first-order valence-electron chi connectivity index (χ1n) is 6.43. The van der Waals surface area contributed by atoms with E-state index in [2.05, 4.69) is 0 Å². The molecule has 0 aromatic heterocycles. The molecule has 1 N–H and O–H groups in total. The monoisotopic (exact) mass is 270 g/mol. The van der Waals surface area contributed by atoms with Crippen LogP contribution >= 0.6 is 0 Å². The predicted molar refractivity (Wildman–Crippen MR) is 71.3 cm³/mol. The Morgan fingerprint density at radius 1 is 1.00 bits per heavy atom. The first-order valence-corrected chi connectivity index (χ1v) is 6.43. The van der Waals surface area contributed by atoms with Crippen LogP contribution in [0.5, 0.6) is 0 Å². The van der Waals surface area contributed by atoms with E-state index in [-0.39, 0.29) is 5.92 Å². The van der Waals surface area contributed by atoms with Gasteiger partial charge in [0.15, 0.2) is 0 Å². The average molecular weight is 270 g/mol. The minimum Gasteiger partial charge on any atom is -0.463 e. The van der Waals surface area contributed by atoms with Crippen molar-refractivity contribution in [3.8, 4) is 0 Å². The van der Waals surface area contributed by atoms with Gasteiger partial charge in [0.25, 0.3) is 0 Å². The molecule has 0 amide bonds. The van der Waals surface area contributed by atoms with Crippen LogP contribution in [0.1, 0.15) is 27.2 Å². The van der Waals surface area contributed by atoms with E-state index < -0.39 is 18.0 Å². The molecular weight excluding hydrogens is 248 g/mol. The third-order valence-electron chi connectivity index (χ3n) is 2.39. The first kappa shape index (κ1) is 17.4. The van der Waals surface area contributed by atoms with E-state index in [9.17, 15) is 14.7 Å². The van der Waals surface area contributed by atoms with Crippen molar-refractivity contribution >= 4 is 11.9 Å². The molecule has 0 saturated carbocycles.